The lowest BCUT2D eigenvalue weighted by molar-refractivity contribution is 0.0922. The lowest BCUT2D eigenvalue weighted by Crippen LogP contribution is -2.36. The van der Waals surface area contributed by atoms with Crippen molar-refractivity contribution in [2.45, 2.75) is 46.0 Å². The maximum Gasteiger partial charge on any atom is 0.251 e. The molecule has 3 heteroatoms. The first-order chi connectivity index (χ1) is 9.51. The lowest BCUT2D eigenvalue weighted by Gasteiger charge is -2.31. The molecule has 2 N–H and O–H groups in total. The van der Waals surface area contributed by atoms with E-state index in [1.54, 1.807) is 24.3 Å². The van der Waals surface area contributed by atoms with Gasteiger partial charge in [-0.2, -0.15) is 0 Å². The Morgan fingerprint density at radius 2 is 1.85 bits per heavy atom. The van der Waals surface area contributed by atoms with E-state index >= 15 is 0 Å². The summed E-state index contributed by atoms with van der Waals surface area (Å²) in [5.74, 6) is 0.812. The van der Waals surface area contributed by atoms with Crippen molar-refractivity contribution in [1.82, 2.24) is 5.32 Å². The van der Waals surface area contributed by atoms with Crippen LogP contribution in [0.1, 0.15) is 56.3 Å². The normalized spacial score (nSPS) is 17.4. The van der Waals surface area contributed by atoms with Crippen molar-refractivity contribution in [3.8, 4) is 5.75 Å². The average Bonchev–Trinajstić information content (AvgIpc) is 2.85. The number of aromatic hydroxyl groups is 1. The monoisotopic (exact) mass is 275 g/mol. The predicted octanol–water partition coefficient (Wildman–Crippen LogP) is 3.73. The molecule has 1 aromatic carbocycles. The van der Waals surface area contributed by atoms with Crippen molar-refractivity contribution in [2.75, 3.05) is 6.54 Å². The summed E-state index contributed by atoms with van der Waals surface area (Å²) in [4.78, 5) is 12.1. The second-order valence-electron chi connectivity index (χ2n) is 6.53. The number of carbonyl (C=O) groups excluding carboxylic acids is 1. The van der Waals surface area contributed by atoms with Crippen LogP contribution >= 0.6 is 0 Å². The largest absolute Gasteiger partial charge is 0.508 e. The van der Waals surface area contributed by atoms with Crippen molar-refractivity contribution < 1.29 is 9.90 Å². The van der Waals surface area contributed by atoms with Gasteiger partial charge in [-0.3, -0.25) is 4.79 Å². The molecule has 1 amide bonds. The van der Waals surface area contributed by atoms with E-state index in [1.807, 2.05) is 0 Å². The molecule has 0 aromatic heterocycles. The summed E-state index contributed by atoms with van der Waals surface area (Å²) in [7, 11) is 0. The number of phenols is 1. The van der Waals surface area contributed by atoms with Gasteiger partial charge in [-0.1, -0.05) is 26.7 Å². The van der Waals surface area contributed by atoms with Crippen LogP contribution in [0.5, 0.6) is 5.75 Å². The topological polar surface area (TPSA) is 49.3 Å². The standard InChI is InChI=1S/C17H25NO2/c1-13(2)11-17(9-3-4-10-17)12-18-16(20)14-5-7-15(19)8-6-14/h5-8,13,19H,3-4,9-12H2,1-2H3,(H,18,20). The first kappa shape index (κ1) is 14.9. The van der Waals surface area contributed by atoms with Crippen LogP contribution in [0, 0.1) is 11.3 Å². The minimum absolute atomic E-state index is 0.0416. The highest BCUT2D eigenvalue weighted by molar-refractivity contribution is 5.94. The van der Waals surface area contributed by atoms with Gasteiger partial charge in [0.05, 0.1) is 0 Å². The van der Waals surface area contributed by atoms with Crippen LogP contribution in [0.2, 0.25) is 0 Å². The molecular weight excluding hydrogens is 250 g/mol. The van der Waals surface area contributed by atoms with Crippen molar-refractivity contribution in [3.63, 3.8) is 0 Å². The molecule has 1 aliphatic rings. The van der Waals surface area contributed by atoms with Gasteiger partial charge >= 0.3 is 0 Å². The van der Waals surface area contributed by atoms with Crippen LogP contribution in [0.4, 0.5) is 0 Å². The smallest absolute Gasteiger partial charge is 0.251 e. The number of nitrogens with one attached hydrogen (secondary N) is 1. The fourth-order valence-corrected chi connectivity index (χ4v) is 3.43. The number of benzene rings is 1. The molecule has 1 saturated carbocycles. The molecule has 1 aliphatic carbocycles. The Morgan fingerprint density at radius 1 is 1.25 bits per heavy atom. The molecule has 2 rings (SSSR count). The Bertz CT molecular complexity index is 445. The average molecular weight is 275 g/mol. The molecule has 0 bridgehead atoms. The number of rotatable bonds is 5. The Kier molecular flexibility index (Phi) is 4.69. The zero-order valence-electron chi connectivity index (χ0n) is 12.5. The third kappa shape index (κ3) is 3.75. The minimum atomic E-state index is -0.0416. The van der Waals surface area contributed by atoms with Crippen molar-refractivity contribution >= 4 is 5.91 Å². The molecular formula is C17H25NO2. The summed E-state index contributed by atoms with van der Waals surface area (Å²) >= 11 is 0. The third-order valence-electron chi connectivity index (χ3n) is 4.26. The summed E-state index contributed by atoms with van der Waals surface area (Å²) in [6, 6.07) is 6.42. The van der Waals surface area contributed by atoms with Crippen LogP contribution in [0.3, 0.4) is 0 Å². The van der Waals surface area contributed by atoms with Gasteiger partial charge in [0, 0.05) is 12.1 Å². The molecule has 0 spiro atoms. The molecule has 20 heavy (non-hydrogen) atoms. The fourth-order valence-electron chi connectivity index (χ4n) is 3.43. The Balaban J connectivity index is 1.95. The van der Waals surface area contributed by atoms with Crippen molar-refractivity contribution in [1.29, 1.82) is 0 Å². The first-order valence-electron chi connectivity index (χ1n) is 7.58. The summed E-state index contributed by atoms with van der Waals surface area (Å²) in [6.45, 7) is 5.27. The van der Waals surface area contributed by atoms with E-state index in [0.717, 1.165) is 6.54 Å². The molecule has 0 atom stereocenters. The van der Waals surface area contributed by atoms with E-state index < -0.39 is 0 Å². The van der Waals surface area contributed by atoms with Crippen molar-refractivity contribution in [2.24, 2.45) is 11.3 Å². The van der Waals surface area contributed by atoms with Gasteiger partial charge in [0.25, 0.3) is 5.91 Å². The van der Waals surface area contributed by atoms with Gasteiger partial charge in [-0.25, -0.2) is 0 Å². The van der Waals surface area contributed by atoms with Gasteiger partial charge < -0.3 is 10.4 Å². The van der Waals surface area contributed by atoms with Crippen LogP contribution in [0.15, 0.2) is 24.3 Å². The molecule has 0 aliphatic heterocycles. The van der Waals surface area contributed by atoms with E-state index in [-0.39, 0.29) is 11.7 Å². The van der Waals surface area contributed by atoms with Crippen LogP contribution in [0.25, 0.3) is 0 Å². The van der Waals surface area contributed by atoms with E-state index in [2.05, 4.69) is 19.2 Å². The molecule has 0 heterocycles. The summed E-state index contributed by atoms with van der Waals surface area (Å²) < 4.78 is 0. The number of phenolic OH excluding ortho intramolecular Hbond substituents is 1. The van der Waals surface area contributed by atoms with Crippen LogP contribution in [-0.4, -0.2) is 17.6 Å². The first-order valence-corrected chi connectivity index (χ1v) is 7.58. The quantitative estimate of drug-likeness (QED) is 0.860. The van der Waals surface area contributed by atoms with Gasteiger partial charge in [0.2, 0.25) is 0 Å². The van der Waals surface area contributed by atoms with Crippen LogP contribution in [-0.2, 0) is 0 Å². The maximum atomic E-state index is 12.1. The lowest BCUT2D eigenvalue weighted by atomic mass is 9.78. The number of hydrogen-bond donors (Lipinski definition) is 2. The van der Waals surface area contributed by atoms with Gasteiger partial charge in [-0.05, 0) is 54.9 Å². The van der Waals surface area contributed by atoms with Crippen LogP contribution < -0.4 is 5.32 Å². The van der Waals surface area contributed by atoms with E-state index in [1.165, 1.54) is 32.1 Å². The molecule has 0 radical (unpaired) electrons. The molecule has 1 aromatic rings. The SMILES string of the molecule is CC(C)CC1(CNC(=O)c2ccc(O)cc2)CCCC1. The maximum absolute atomic E-state index is 12.1. The van der Waals surface area contributed by atoms with Gasteiger partial charge in [0.1, 0.15) is 5.75 Å². The Hall–Kier alpha value is -1.51. The van der Waals surface area contributed by atoms with Gasteiger partial charge in [-0.15, -0.1) is 0 Å². The summed E-state index contributed by atoms with van der Waals surface area (Å²) in [5, 5.41) is 12.3. The zero-order chi connectivity index (χ0) is 14.6. The van der Waals surface area contributed by atoms with E-state index in [0.29, 0.717) is 16.9 Å². The van der Waals surface area contributed by atoms with Crippen molar-refractivity contribution in [3.05, 3.63) is 29.8 Å². The Morgan fingerprint density at radius 3 is 2.40 bits per heavy atom. The molecule has 110 valence electrons. The predicted molar refractivity (Wildman–Crippen MR) is 80.8 cm³/mol. The number of carbonyl (C=O) groups is 1. The molecule has 0 unspecified atom stereocenters. The Labute approximate surface area is 121 Å². The number of hydrogen-bond acceptors (Lipinski definition) is 2. The summed E-state index contributed by atoms with van der Waals surface area (Å²) in [5.41, 5.74) is 0.904. The van der Waals surface area contributed by atoms with E-state index in [4.69, 9.17) is 0 Å². The molecule has 1 fully saturated rings. The molecule has 3 nitrogen and oxygen atoms in total. The summed E-state index contributed by atoms with van der Waals surface area (Å²) in [6.07, 6.45) is 6.19. The molecule has 0 saturated heterocycles. The number of amides is 1. The highest BCUT2D eigenvalue weighted by Crippen LogP contribution is 2.42. The fraction of sp³-hybridized carbons (Fsp3) is 0.588. The highest BCUT2D eigenvalue weighted by atomic mass is 16.3. The third-order valence-corrected chi connectivity index (χ3v) is 4.26. The van der Waals surface area contributed by atoms with Gasteiger partial charge in [0.15, 0.2) is 0 Å². The second kappa shape index (κ2) is 6.29. The van der Waals surface area contributed by atoms with E-state index in [9.17, 15) is 9.90 Å². The zero-order valence-corrected chi connectivity index (χ0v) is 12.5. The highest BCUT2D eigenvalue weighted by Gasteiger charge is 2.34. The minimum Gasteiger partial charge on any atom is -0.508 e. The second-order valence-corrected chi connectivity index (χ2v) is 6.53.